The van der Waals surface area contributed by atoms with Gasteiger partial charge >= 0.3 is 0 Å². The fourth-order valence-electron chi connectivity index (χ4n) is 5.42. The minimum atomic E-state index is 0.116. The molecule has 1 saturated carbocycles. The van der Waals surface area contributed by atoms with E-state index in [-0.39, 0.29) is 5.91 Å². The van der Waals surface area contributed by atoms with Crippen LogP contribution in [0.5, 0.6) is 0 Å². The van der Waals surface area contributed by atoms with Gasteiger partial charge in [-0.25, -0.2) is 0 Å². The molecular formula is C21H30N2O. The maximum atomic E-state index is 12.7. The summed E-state index contributed by atoms with van der Waals surface area (Å²) in [5, 5.41) is 3.35. The van der Waals surface area contributed by atoms with E-state index in [1.165, 1.54) is 44.9 Å². The van der Waals surface area contributed by atoms with Crippen molar-refractivity contribution >= 4 is 5.91 Å². The number of hydrogen-bond acceptors (Lipinski definition) is 2. The summed E-state index contributed by atoms with van der Waals surface area (Å²) in [6, 6.07) is 10.5. The van der Waals surface area contributed by atoms with Gasteiger partial charge in [0.05, 0.1) is 0 Å². The molecule has 0 radical (unpaired) electrons. The average Bonchev–Trinajstić information content (AvgIpc) is 3.08. The predicted molar refractivity (Wildman–Crippen MR) is 97.2 cm³/mol. The summed E-state index contributed by atoms with van der Waals surface area (Å²) in [7, 11) is 0. The van der Waals surface area contributed by atoms with Crippen LogP contribution in [0.3, 0.4) is 0 Å². The Balaban J connectivity index is 1.43. The number of rotatable bonds is 3. The molecule has 2 saturated heterocycles. The lowest BCUT2D eigenvalue weighted by molar-refractivity contribution is -0.00807. The zero-order chi connectivity index (χ0) is 16.5. The molecule has 3 aliphatic rings. The van der Waals surface area contributed by atoms with Gasteiger partial charge in [-0.1, -0.05) is 37.5 Å². The molecule has 1 aliphatic carbocycles. The fourth-order valence-corrected chi connectivity index (χ4v) is 5.42. The van der Waals surface area contributed by atoms with E-state index in [2.05, 4.69) is 10.2 Å². The standard InChI is InChI=1S/C21H30N2O/c1-15-7-2-5-12-20(15)21(24)22-16-13-18-10-6-11-19(14-16)23(18)17-8-3-4-9-17/h2,5,7,12,16-19H,3-4,6,8-11,13-14H2,1H3,(H,22,24)/t18-,19-/m1/s1. The molecule has 2 bridgehead atoms. The third-order valence-corrected chi connectivity index (χ3v) is 6.50. The fraction of sp³-hybridized carbons (Fsp3) is 0.667. The molecule has 4 rings (SSSR count). The molecule has 3 fully saturated rings. The molecule has 1 aromatic rings. The number of aryl methyl sites for hydroxylation is 1. The lowest BCUT2D eigenvalue weighted by atomic mass is 9.80. The smallest absolute Gasteiger partial charge is 0.251 e. The molecule has 1 amide bonds. The quantitative estimate of drug-likeness (QED) is 0.909. The van der Waals surface area contributed by atoms with E-state index in [0.29, 0.717) is 18.1 Å². The van der Waals surface area contributed by atoms with Crippen molar-refractivity contribution in [3.05, 3.63) is 35.4 Å². The zero-order valence-corrected chi connectivity index (χ0v) is 14.8. The van der Waals surface area contributed by atoms with Gasteiger partial charge in [0.15, 0.2) is 0 Å². The van der Waals surface area contributed by atoms with Crippen molar-refractivity contribution in [3.8, 4) is 0 Å². The highest BCUT2D eigenvalue weighted by atomic mass is 16.1. The molecule has 3 heteroatoms. The zero-order valence-electron chi connectivity index (χ0n) is 14.8. The number of piperidine rings is 2. The van der Waals surface area contributed by atoms with Gasteiger partial charge < -0.3 is 5.32 Å². The molecular weight excluding hydrogens is 296 g/mol. The minimum absolute atomic E-state index is 0.116. The molecule has 2 heterocycles. The van der Waals surface area contributed by atoms with Crippen molar-refractivity contribution in [2.45, 2.75) is 88.9 Å². The first kappa shape index (κ1) is 16.1. The predicted octanol–water partition coefficient (Wildman–Crippen LogP) is 4.05. The normalized spacial score (nSPS) is 31.1. The van der Waals surface area contributed by atoms with Gasteiger partial charge in [0.2, 0.25) is 0 Å². The third kappa shape index (κ3) is 3.11. The molecule has 1 N–H and O–H groups in total. The number of carbonyl (C=O) groups is 1. The Morgan fingerprint density at radius 3 is 2.25 bits per heavy atom. The first-order valence-electron chi connectivity index (χ1n) is 9.86. The number of hydrogen-bond donors (Lipinski definition) is 1. The lowest BCUT2D eigenvalue weighted by Gasteiger charge is -2.51. The van der Waals surface area contributed by atoms with Crippen molar-refractivity contribution in [3.63, 3.8) is 0 Å². The van der Waals surface area contributed by atoms with Gasteiger partial charge in [-0.05, 0) is 57.1 Å². The van der Waals surface area contributed by atoms with Crippen molar-refractivity contribution in [2.75, 3.05) is 0 Å². The molecule has 0 aromatic heterocycles. The summed E-state index contributed by atoms with van der Waals surface area (Å²) in [5.74, 6) is 0.116. The van der Waals surface area contributed by atoms with Crippen LogP contribution in [0.1, 0.15) is 73.7 Å². The Morgan fingerprint density at radius 1 is 0.958 bits per heavy atom. The van der Waals surface area contributed by atoms with Gasteiger partial charge in [-0.15, -0.1) is 0 Å². The number of benzene rings is 1. The Bertz CT molecular complexity index is 579. The largest absolute Gasteiger partial charge is 0.349 e. The second kappa shape index (κ2) is 6.87. The van der Waals surface area contributed by atoms with E-state index in [1.54, 1.807) is 0 Å². The summed E-state index contributed by atoms with van der Waals surface area (Å²) in [4.78, 5) is 15.5. The molecule has 3 nitrogen and oxygen atoms in total. The first-order valence-corrected chi connectivity index (χ1v) is 9.86. The topological polar surface area (TPSA) is 32.3 Å². The first-order chi connectivity index (χ1) is 11.7. The molecule has 24 heavy (non-hydrogen) atoms. The number of carbonyl (C=O) groups excluding carboxylic acids is 1. The van der Waals surface area contributed by atoms with E-state index in [1.807, 2.05) is 31.2 Å². The second-order valence-electron chi connectivity index (χ2n) is 8.08. The molecule has 2 aliphatic heterocycles. The van der Waals surface area contributed by atoms with Gasteiger partial charge in [-0.3, -0.25) is 9.69 Å². The Kier molecular flexibility index (Phi) is 4.62. The molecule has 0 unspecified atom stereocenters. The Labute approximate surface area is 145 Å². The summed E-state index contributed by atoms with van der Waals surface area (Å²) in [5.41, 5.74) is 1.90. The Morgan fingerprint density at radius 2 is 1.58 bits per heavy atom. The van der Waals surface area contributed by atoms with Gasteiger partial charge in [0, 0.05) is 29.7 Å². The van der Waals surface area contributed by atoms with Crippen molar-refractivity contribution in [1.29, 1.82) is 0 Å². The maximum Gasteiger partial charge on any atom is 0.251 e. The monoisotopic (exact) mass is 326 g/mol. The summed E-state index contributed by atoms with van der Waals surface area (Å²) in [6.45, 7) is 2.02. The lowest BCUT2D eigenvalue weighted by Crippen LogP contribution is -2.59. The van der Waals surface area contributed by atoms with Crippen molar-refractivity contribution < 1.29 is 4.79 Å². The second-order valence-corrected chi connectivity index (χ2v) is 8.08. The van der Waals surface area contributed by atoms with Crippen LogP contribution in [0.2, 0.25) is 0 Å². The molecule has 1 aromatic carbocycles. The molecule has 130 valence electrons. The summed E-state index contributed by atoms with van der Waals surface area (Å²) < 4.78 is 0. The maximum absolute atomic E-state index is 12.7. The minimum Gasteiger partial charge on any atom is -0.349 e. The van der Waals surface area contributed by atoms with Crippen LogP contribution in [0, 0.1) is 6.92 Å². The molecule has 2 atom stereocenters. The summed E-state index contributed by atoms with van der Waals surface area (Å²) in [6.07, 6.45) is 11.9. The number of fused-ring (bicyclic) bond motifs is 2. The number of amides is 1. The Hall–Kier alpha value is -1.35. The van der Waals surface area contributed by atoms with Gasteiger partial charge in [0.1, 0.15) is 0 Å². The van der Waals surface area contributed by atoms with Crippen LogP contribution in [0.15, 0.2) is 24.3 Å². The van der Waals surface area contributed by atoms with E-state index in [0.717, 1.165) is 30.0 Å². The average molecular weight is 326 g/mol. The number of nitrogens with one attached hydrogen (secondary N) is 1. The van der Waals surface area contributed by atoms with Crippen LogP contribution in [-0.2, 0) is 0 Å². The van der Waals surface area contributed by atoms with Crippen molar-refractivity contribution in [1.82, 2.24) is 10.2 Å². The molecule has 0 spiro atoms. The van der Waals surface area contributed by atoms with E-state index >= 15 is 0 Å². The van der Waals surface area contributed by atoms with E-state index in [4.69, 9.17) is 0 Å². The van der Waals surface area contributed by atoms with Crippen molar-refractivity contribution in [2.24, 2.45) is 0 Å². The van der Waals surface area contributed by atoms with Crippen LogP contribution in [0.25, 0.3) is 0 Å². The van der Waals surface area contributed by atoms with Crippen LogP contribution >= 0.6 is 0 Å². The van der Waals surface area contributed by atoms with Crippen LogP contribution in [0.4, 0.5) is 0 Å². The van der Waals surface area contributed by atoms with E-state index < -0.39 is 0 Å². The van der Waals surface area contributed by atoms with E-state index in [9.17, 15) is 4.79 Å². The highest BCUT2D eigenvalue weighted by Gasteiger charge is 2.42. The third-order valence-electron chi connectivity index (χ3n) is 6.50. The van der Waals surface area contributed by atoms with Crippen LogP contribution in [-0.4, -0.2) is 35.0 Å². The van der Waals surface area contributed by atoms with Crippen LogP contribution < -0.4 is 5.32 Å². The van der Waals surface area contributed by atoms with Gasteiger partial charge in [-0.2, -0.15) is 0 Å². The summed E-state index contributed by atoms with van der Waals surface area (Å²) >= 11 is 0. The van der Waals surface area contributed by atoms with Gasteiger partial charge in [0.25, 0.3) is 5.91 Å². The highest BCUT2D eigenvalue weighted by molar-refractivity contribution is 5.95. The SMILES string of the molecule is Cc1ccccc1C(=O)NC1C[C@H]2CCC[C@H](C1)N2C1CCCC1. The number of nitrogens with zero attached hydrogens (tertiary/aromatic N) is 1. The highest BCUT2D eigenvalue weighted by Crippen LogP contribution is 2.39.